The lowest BCUT2D eigenvalue weighted by Crippen LogP contribution is -2.47. The van der Waals surface area contributed by atoms with E-state index in [2.05, 4.69) is 11.6 Å². The van der Waals surface area contributed by atoms with Crippen LogP contribution in [0.5, 0.6) is 0 Å². The topological polar surface area (TPSA) is 75.8 Å². The Morgan fingerprint density at radius 3 is 2.55 bits per heavy atom. The molecule has 0 aromatic heterocycles. The maximum Gasteiger partial charge on any atom is 0.192 e. The van der Waals surface area contributed by atoms with Gasteiger partial charge in [-0.1, -0.05) is 18.2 Å². The van der Waals surface area contributed by atoms with Crippen LogP contribution < -0.4 is 5.73 Å². The molecular formula is C14H19N3O2S. The molecule has 1 aliphatic heterocycles. The van der Waals surface area contributed by atoms with Gasteiger partial charge in [0.05, 0.1) is 17.0 Å². The second-order valence-corrected chi connectivity index (χ2v) is 7.16. The lowest BCUT2D eigenvalue weighted by Gasteiger charge is -2.36. The summed E-state index contributed by atoms with van der Waals surface area (Å²) in [6.45, 7) is 6.91. The minimum absolute atomic E-state index is 0.312. The van der Waals surface area contributed by atoms with E-state index >= 15 is 0 Å². The molecule has 0 bridgehead atoms. The van der Waals surface area contributed by atoms with E-state index in [0.29, 0.717) is 23.9 Å². The summed E-state index contributed by atoms with van der Waals surface area (Å²) >= 11 is 0. The van der Waals surface area contributed by atoms with Gasteiger partial charge in [0.15, 0.2) is 15.8 Å². The number of nitrogens with zero attached hydrogens (tertiary/aromatic N) is 2. The van der Waals surface area contributed by atoms with Crippen LogP contribution >= 0.6 is 0 Å². The Hall–Kier alpha value is -1.82. The summed E-state index contributed by atoms with van der Waals surface area (Å²) in [5, 5.41) is 0. The van der Waals surface area contributed by atoms with Crippen LogP contribution in [0.4, 0.5) is 0 Å². The fourth-order valence-electron chi connectivity index (χ4n) is 2.39. The predicted octanol–water partition coefficient (Wildman–Crippen LogP) is 1.12. The van der Waals surface area contributed by atoms with Crippen LogP contribution in [0.15, 0.2) is 46.8 Å². The monoisotopic (exact) mass is 293 g/mol. The van der Waals surface area contributed by atoms with Gasteiger partial charge in [-0.15, -0.1) is 6.58 Å². The third kappa shape index (κ3) is 2.43. The van der Waals surface area contributed by atoms with Gasteiger partial charge in [0.2, 0.25) is 0 Å². The summed E-state index contributed by atoms with van der Waals surface area (Å²) in [6.07, 6.45) is 2.97. The van der Waals surface area contributed by atoms with Crippen LogP contribution in [0.3, 0.4) is 0 Å². The average molecular weight is 293 g/mol. The summed E-state index contributed by atoms with van der Waals surface area (Å²) in [7, 11) is -3.18. The van der Waals surface area contributed by atoms with E-state index in [4.69, 9.17) is 5.73 Å². The molecule has 2 N–H and O–H groups in total. The number of guanidine groups is 1. The van der Waals surface area contributed by atoms with Crippen molar-refractivity contribution in [3.63, 3.8) is 0 Å². The molecule has 108 valence electrons. The molecule has 5 nitrogen and oxygen atoms in total. The normalized spacial score (nSPS) is 22.7. The molecule has 0 saturated heterocycles. The van der Waals surface area contributed by atoms with Crippen molar-refractivity contribution in [3.05, 3.63) is 42.5 Å². The lowest BCUT2D eigenvalue weighted by atomic mass is 9.91. The predicted molar refractivity (Wildman–Crippen MR) is 80.3 cm³/mol. The Balaban J connectivity index is 2.38. The molecular weight excluding hydrogens is 274 g/mol. The molecule has 1 heterocycles. The summed E-state index contributed by atoms with van der Waals surface area (Å²) < 4.78 is 23.0. The van der Waals surface area contributed by atoms with E-state index in [-0.39, 0.29) is 5.54 Å². The van der Waals surface area contributed by atoms with Crippen molar-refractivity contribution >= 4 is 15.8 Å². The van der Waals surface area contributed by atoms with E-state index in [1.54, 1.807) is 18.2 Å². The third-order valence-electron chi connectivity index (χ3n) is 3.64. The Kier molecular flexibility index (Phi) is 3.60. The van der Waals surface area contributed by atoms with Crippen molar-refractivity contribution in [2.75, 3.05) is 19.3 Å². The summed E-state index contributed by atoms with van der Waals surface area (Å²) in [4.78, 5) is 6.57. The van der Waals surface area contributed by atoms with Gasteiger partial charge in [-0.3, -0.25) is 4.99 Å². The third-order valence-corrected chi connectivity index (χ3v) is 4.77. The van der Waals surface area contributed by atoms with E-state index in [1.807, 2.05) is 24.0 Å². The first-order valence-corrected chi connectivity index (χ1v) is 8.17. The highest BCUT2D eigenvalue weighted by atomic mass is 32.2. The first-order valence-electron chi connectivity index (χ1n) is 6.28. The smallest absolute Gasteiger partial charge is 0.192 e. The van der Waals surface area contributed by atoms with Crippen molar-refractivity contribution in [2.45, 2.75) is 17.4 Å². The SMILES string of the molecule is C=CCN1C(N)=NCC1(C)c1ccc(S(C)(=O)=O)cc1. The van der Waals surface area contributed by atoms with Crippen LogP contribution in [-0.4, -0.2) is 38.6 Å². The molecule has 0 amide bonds. The number of benzene rings is 1. The van der Waals surface area contributed by atoms with E-state index in [1.165, 1.54) is 6.26 Å². The molecule has 2 rings (SSSR count). The molecule has 0 fully saturated rings. The molecule has 1 unspecified atom stereocenters. The quantitative estimate of drug-likeness (QED) is 0.844. The number of aliphatic imine (C=N–C) groups is 1. The standard InChI is InChI=1S/C14H19N3O2S/c1-4-9-17-13(15)16-10-14(17,2)11-5-7-12(8-6-11)20(3,18)19/h4-8H,1,9-10H2,2-3H3,(H2,15,16). The van der Waals surface area contributed by atoms with Crippen LogP contribution in [-0.2, 0) is 15.4 Å². The van der Waals surface area contributed by atoms with Crippen molar-refractivity contribution in [1.29, 1.82) is 0 Å². The Morgan fingerprint density at radius 2 is 2.05 bits per heavy atom. The largest absolute Gasteiger partial charge is 0.370 e. The average Bonchev–Trinajstić information content (AvgIpc) is 2.68. The Bertz CT molecular complexity index is 650. The first-order chi connectivity index (χ1) is 9.29. The summed E-state index contributed by atoms with van der Waals surface area (Å²) in [5.41, 5.74) is 6.53. The van der Waals surface area contributed by atoms with Crippen LogP contribution in [0.1, 0.15) is 12.5 Å². The highest BCUT2D eigenvalue weighted by molar-refractivity contribution is 7.90. The van der Waals surface area contributed by atoms with Crippen LogP contribution in [0.25, 0.3) is 0 Å². The lowest BCUT2D eigenvalue weighted by molar-refractivity contribution is 0.245. The number of hydrogen-bond donors (Lipinski definition) is 1. The van der Waals surface area contributed by atoms with Crippen molar-refractivity contribution < 1.29 is 8.42 Å². The maximum atomic E-state index is 11.5. The van der Waals surface area contributed by atoms with Crippen LogP contribution in [0, 0.1) is 0 Å². The van der Waals surface area contributed by atoms with Crippen molar-refractivity contribution in [1.82, 2.24) is 4.90 Å². The molecule has 0 radical (unpaired) electrons. The Morgan fingerprint density at radius 1 is 1.45 bits per heavy atom. The van der Waals surface area contributed by atoms with Gasteiger partial charge in [0.25, 0.3) is 0 Å². The van der Waals surface area contributed by atoms with Crippen LogP contribution in [0.2, 0.25) is 0 Å². The molecule has 0 spiro atoms. The van der Waals surface area contributed by atoms with Gasteiger partial charge in [-0.2, -0.15) is 0 Å². The fourth-order valence-corrected chi connectivity index (χ4v) is 3.02. The zero-order valence-electron chi connectivity index (χ0n) is 11.7. The second kappa shape index (κ2) is 4.94. The van der Waals surface area contributed by atoms with Crippen molar-refractivity contribution in [2.24, 2.45) is 10.7 Å². The number of sulfone groups is 1. The number of hydrogen-bond acceptors (Lipinski definition) is 5. The number of rotatable bonds is 4. The molecule has 1 atom stereocenters. The van der Waals surface area contributed by atoms with Gasteiger partial charge >= 0.3 is 0 Å². The van der Waals surface area contributed by atoms with Gasteiger partial charge < -0.3 is 10.6 Å². The highest BCUT2D eigenvalue weighted by Gasteiger charge is 2.38. The molecule has 1 aliphatic rings. The molecule has 6 heteroatoms. The minimum Gasteiger partial charge on any atom is -0.370 e. The first kappa shape index (κ1) is 14.6. The van der Waals surface area contributed by atoms with E-state index in [0.717, 1.165) is 5.56 Å². The van der Waals surface area contributed by atoms with Crippen molar-refractivity contribution in [3.8, 4) is 0 Å². The van der Waals surface area contributed by atoms with Gasteiger partial charge in [0.1, 0.15) is 0 Å². The fraction of sp³-hybridized carbons (Fsp3) is 0.357. The Labute approximate surface area is 119 Å². The van der Waals surface area contributed by atoms with E-state index in [9.17, 15) is 8.42 Å². The second-order valence-electron chi connectivity index (χ2n) is 5.14. The van der Waals surface area contributed by atoms with Gasteiger partial charge in [0, 0.05) is 12.8 Å². The zero-order valence-corrected chi connectivity index (χ0v) is 12.5. The minimum atomic E-state index is -3.18. The van der Waals surface area contributed by atoms with Gasteiger partial charge in [-0.05, 0) is 24.6 Å². The molecule has 20 heavy (non-hydrogen) atoms. The highest BCUT2D eigenvalue weighted by Crippen LogP contribution is 2.32. The molecule has 1 aromatic rings. The van der Waals surface area contributed by atoms with Gasteiger partial charge in [-0.25, -0.2) is 8.42 Å². The number of nitrogens with two attached hydrogens (primary N) is 1. The molecule has 1 aromatic carbocycles. The zero-order chi connectivity index (χ0) is 15.0. The van der Waals surface area contributed by atoms with E-state index < -0.39 is 9.84 Å². The molecule has 0 aliphatic carbocycles. The maximum absolute atomic E-state index is 11.5. The summed E-state index contributed by atoms with van der Waals surface area (Å²) in [6, 6.07) is 6.88. The molecule has 0 saturated carbocycles. The summed E-state index contributed by atoms with van der Waals surface area (Å²) in [5.74, 6) is 0.486.